The largest absolute Gasteiger partial charge is 0.323 e. The van der Waals surface area contributed by atoms with Crippen LogP contribution >= 0.6 is 0 Å². The summed E-state index contributed by atoms with van der Waals surface area (Å²) in [7, 11) is 2.24. The minimum atomic E-state index is 0.139. The van der Waals surface area contributed by atoms with Crippen molar-refractivity contribution < 1.29 is 0 Å². The Balaban J connectivity index is 1.54. The van der Waals surface area contributed by atoms with Gasteiger partial charge in [0.25, 0.3) is 0 Å². The Kier molecular flexibility index (Phi) is 4.13. The van der Waals surface area contributed by atoms with Crippen molar-refractivity contribution in [1.82, 2.24) is 4.90 Å². The van der Waals surface area contributed by atoms with Gasteiger partial charge in [-0.25, -0.2) is 0 Å². The third kappa shape index (κ3) is 2.91. The van der Waals surface area contributed by atoms with E-state index < -0.39 is 0 Å². The smallest absolute Gasteiger partial charge is 0.0426 e. The molecule has 0 aromatic heterocycles. The van der Waals surface area contributed by atoms with Crippen LogP contribution in [0.15, 0.2) is 24.3 Å². The Labute approximate surface area is 123 Å². The van der Waals surface area contributed by atoms with E-state index in [9.17, 15) is 0 Å². The monoisotopic (exact) mass is 272 g/mol. The summed E-state index contributed by atoms with van der Waals surface area (Å²) in [5, 5.41) is 0. The van der Waals surface area contributed by atoms with E-state index in [0.29, 0.717) is 0 Å². The van der Waals surface area contributed by atoms with Crippen LogP contribution in [0.4, 0.5) is 0 Å². The van der Waals surface area contributed by atoms with E-state index in [1.165, 1.54) is 43.4 Å². The quantitative estimate of drug-likeness (QED) is 0.890. The summed E-state index contributed by atoms with van der Waals surface area (Å²) < 4.78 is 0. The molecule has 0 heterocycles. The van der Waals surface area contributed by atoms with Crippen LogP contribution in [0.2, 0.25) is 0 Å². The molecule has 0 spiro atoms. The van der Waals surface area contributed by atoms with E-state index in [4.69, 9.17) is 5.73 Å². The molecule has 2 nitrogen and oxygen atoms in total. The number of benzene rings is 1. The maximum Gasteiger partial charge on any atom is 0.0426 e. The molecule has 2 fully saturated rings. The summed E-state index contributed by atoms with van der Waals surface area (Å²) in [5.41, 5.74) is 9.02. The molecule has 110 valence electrons. The number of hydrogen-bond acceptors (Lipinski definition) is 2. The SMILES string of the molecule is Cc1ccccc1C(N)CN(C)CC1CC2CCC1C2. The molecule has 0 saturated heterocycles. The Bertz CT molecular complexity index is 456. The molecule has 2 N–H and O–H groups in total. The van der Waals surface area contributed by atoms with E-state index in [-0.39, 0.29) is 6.04 Å². The predicted octanol–water partition coefficient (Wildman–Crippen LogP) is 3.36. The van der Waals surface area contributed by atoms with Crippen molar-refractivity contribution in [2.24, 2.45) is 23.5 Å². The first-order valence-corrected chi connectivity index (χ1v) is 8.13. The predicted molar refractivity (Wildman–Crippen MR) is 84.5 cm³/mol. The van der Waals surface area contributed by atoms with Gasteiger partial charge in [-0.1, -0.05) is 30.7 Å². The van der Waals surface area contributed by atoms with Crippen LogP contribution in [-0.4, -0.2) is 25.0 Å². The van der Waals surface area contributed by atoms with Crippen molar-refractivity contribution in [2.45, 2.75) is 38.6 Å². The fraction of sp³-hybridized carbons (Fsp3) is 0.667. The lowest BCUT2D eigenvalue weighted by atomic mass is 9.88. The van der Waals surface area contributed by atoms with Gasteiger partial charge in [-0.3, -0.25) is 0 Å². The highest BCUT2D eigenvalue weighted by Crippen LogP contribution is 2.48. The number of nitrogens with zero attached hydrogens (tertiary/aromatic N) is 1. The minimum absolute atomic E-state index is 0.139. The molecule has 20 heavy (non-hydrogen) atoms. The Hall–Kier alpha value is -0.860. The Morgan fingerprint density at radius 3 is 2.70 bits per heavy atom. The highest BCUT2D eigenvalue weighted by molar-refractivity contribution is 5.28. The summed E-state index contributed by atoms with van der Waals surface area (Å²) in [5.74, 6) is 2.99. The molecule has 0 radical (unpaired) electrons. The van der Waals surface area contributed by atoms with Crippen molar-refractivity contribution in [3.05, 3.63) is 35.4 Å². The zero-order valence-electron chi connectivity index (χ0n) is 12.9. The van der Waals surface area contributed by atoms with Crippen molar-refractivity contribution in [3.8, 4) is 0 Å². The molecule has 1 aromatic carbocycles. The van der Waals surface area contributed by atoms with Gasteiger partial charge >= 0.3 is 0 Å². The first-order valence-electron chi connectivity index (χ1n) is 8.13. The maximum atomic E-state index is 6.41. The lowest BCUT2D eigenvalue weighted by Crippen LogP contribution is -2.34. The zero-order valence-corrected chi connectivity index (χ0v) is 12.9. The van der Waals surface area contributed by atoms with Gasteiger partial charge in [0.2, 0.25) is 0 Å². The molecule has 4 atom stereocenters. The van der Waals surface area contributed by atoms with Crippen LogP contribution in [0.1, 0.15) is 42.9 Å². The second kappa shape index (κ2) is 5.87. The minimum Gasteiger partial charge on any atom is -0.323 e. The molecule has 0 amide bonds. The van der Waals surface area contributed by atoms with Crippen LogP contribution in [0.3, 0.4) is 0 Å². The van der Waals surface area contributed by atoms with Crippen LogP contribution in [0, 0.1) is 24.7 Å². The van der Waals surface area contributed by atoms with Crippen molar-refractivity contribution >= 4 is 0 Å². The topological polar surface area (TPSA) is 29.3 Å². The summed E-state index contributed by atoms with van der Waals surface area (Å²) >= 11 is 0. The molecular weight excluding hydrogens is 244 g/mol. The van der Waals surface area contributed by atoms with E-state index in [1.54, 1.807) is 0 Å². The molecule has 2 bridgehead atoms. The molecule has 1 aromatic rings. The van der Waals surface area contributed by atoms with E-state index in [2.05, 4.69) is 43.1 Å². The summed E-state index contributed by atoms with van der Waals surface area (Å²) in [6, 6.07) is 8.65. The van der Waals surface area contributed by atoms with Crippen LogP contribution in [0.25, 0.3) is 0 Å². The first-order chi connectivity index (χ1) is 9.63. The van der Waals surface area contributed by atoms with Gasteiger partial charge in [0.05, 0.1) is 0 Å². The van der Waals surface area contributed by atoms with Gasteiger partial charge in [-0.15, -0.1) is 0 Å². The summed E-state index contributed by atoms with van der Waals surface area (Å²) in [6.07, 6.45) is 5.94. The van der Waals surface area contributed by atoms with Crippen LogP contribution in [-0.2, 0) is 0 Å². The van der Waals surface area contributed by atoms with Crippen LogP contribution in [0.5, 0.6) is 0 Å². The van der Waals surface area contributed by atoms with Gasteiger partial charge in [-0.2, -0.15) is 0 Å². The van der Waals surface area contributed by atoms with Gasteiger partial charge in [0, 0.05) is 19.1 Å². The number of hydrogen-bond donors (Lipinski definition) is 1. The number of fused-ring (bicyclic) bond motifs is 2. The molecule has 2 aliphatic rings. The summed E-state index contributed by atoms with van der Waals surface area (Å²) in [4.78, 5) is 2.46. The molecule has 4 unspecified atom stereocenters. The molecule has 0 aliphatic heterocycles. The second-order valence-corrected chi connectivity index (χ2v) is 7.12. The zero-order chi connectivity index (χ0) is 14.1. The van der Waals surface area contributed by atoms with Crippen LogP contribution < -0.4 is 5.73 Å². The standard InChI is InChI=1S/C18H28N2/c1-13-5-3-4-6-17(13)18(19)12-20(2)11-16-10-14-7-8-15(16)9-14/h3-6,14-16,18H,7-12,19H2,1-2H3. The second-order valence-electron chi connectivity index (χ2n) is 7.12. The molecule has 2 saturated carbocycles. The van der Waals surface area contributed by atoms with Gasteiger partial charge < -0.3 is 10.6 Å². The fourth-order valence-corrected chi connectivity index (χ4v) is 4.51. The third-order valence-electron chi connectivity index (χ3n) is 5.53. The number of nitrogens with two attached hydrogens (primary N) is 1. The van der Waals surface area contributed by atoms with E-state index >= 15 is 0 Å². The molecule has 2 aliphatic carbocycles. The normalized spacial score (nSPS) is 30.1. The lowest BCUT2D eigenvalue weighted by Gasteiger charge is -2.29. The van der Waals surface area contributed by atoms with Crippen molar-refractivity contribution in [3.63, 3.8) is 0 Å². The van der Waals surface area contributed by atoms with Gasteiger partial charge in [0.1, 0.15) is 0 Å². The molecule has 3 rings (SSSR count). The maximum absolute atomic E-state index is 6.41. The Morgan fingerprint density at radius 2 is 2.05 bits per heavy atom. The van der Waals surface area contributed by atoms with E-state index in [0.717, 1.165) is 24.3 Å². The molecule has 2 heteroatoms. The van der Waals surface area contributed by atoms with E-state index in [1.807, 2.05) is 0 Å². The highest BCUT2D eigenvalue weighted by atomic mass is 15.1. The lowest BCUT2D eigenvalue weighted by molar-refractivity contribution is 0.212. The third-order valence-corrected chi connectivity index (χ3v) is 5.53. The number of likely N-dealkylation sites (N-methyl/N-ethyl adjacent to an activating group) is 1. The van der Waals surface area contributed by atoms with Gasteiger partial charge in [0.15, 0.2) is 0 Å². The molecular formula is C18H28N2. The Morgan fingerprint density at radius 1 is 1.25 bits per heavy atom. The number of rotatable bonds is 5. The first kappa shape index (κ1) is 14.1. The highest BCUT2D eigenvalue weighted by Gasteiger charge is 2.39. The summed E-state index contributed by atoms with van der Waals surface area (Å²) in [6.45, 7) is 4.37. The van der Waals surface area contributed by atoms with Gasteiger partial charge in [-0.05, 0) is 62.1 Å². The average molecular weight is 272 g/mol. The fourth-order valence-electron chi connectivity index (χ4n) is 4.51. The average Bonchev–Trinajstić information content (AvgIpc) is 3.01. The van der Waals surface area contributed by atoms with Crippen molar-refractivity contribution in [2.75, 3.05) is 20.1 Å². The number of aryl methyl sites for hydroxylation is 1. The van der Waals surface area contributed by atoms with Crippen molar-refractivity contribution in [1.29, 1.82) is 0 Å².